The van der Waals surface area contributed by atoms with Crippen LogP contribution in [-0.4, -0.2) is 24.5 Å². The maximum atomic E-state index is 12.4. The van der Waals surface area contributed by atoms with Crippen LogP contribution in [0.4, 0.5) is 5.69 Å². The van der Waals surface area contributed by atoms with Crippen molar-refractivity contribution < 1.29 is 18.3 Å². The average molecular weight is 318 g/mol. The Labute approximate surface area is 128 Å². The molecule has 114 valence electrons. The molecule has 1 heterocycles. The van der Waals surface area contributed by atoms with Crippen LogP contribution in [0.3, 0.4) is 0 Å². The fourth-order valence-electron chi connectivity index (χ4n) is 1.81. The molecule has 0 saturated heterocycles. The van der Waals surface area contributed by atoms with Crippen molar-refractivity contribution in [2.45, 2.75) is 11.8 Å². The summed E-state index contributed by atoms with van der Waals surface area (Å²) in [6.07, 6.45) is 5.24. The van der Waals surface area contributed by atoms with Crippen LogP contribution in [0.15, 0.2) is 53.7 Å². The molecule has 0 amide bonds. The number of rotatable bonds is 5. The van der Waals surface area contributed by atoms with Gasteiger partial charge in [0.25, 0.3) is 10.0 Å². The third-order valence-corrected chi connectivity index (χ3v) is 4.36. The van der Waals surface area contributed by atoms with E-state index in [1.54, 1.807) is 37.4 Å². The first-order valence-corrected chi connectivity index (χ1v) is 7.81. The largest absolute Gasteiger partial charge is 0.478 e. The zero-order valence-corrected chi connectivity index (χ0v) is 12.5. The number of sulfonamides is 1. The molecule has 0 saturated carbocycles. The molecule has 0 atom stereocenters. The summed E-state index contributed by atoms with van der Waals surface area (Å²) in [6, 6.07) is 7.91. The van der Waals surface area contributed by atoms with Crippen molar-refractivity contribution in [3.63, 3.8) is 0 Å². The lowest BCUT2D eigenvalue weighted by Gasteiger charge is -2.10. The molecule has 0 aliphatic heterocycles. The highest BCUT2D eigenvalue weighted by Gasteiger charge is 2.17. The molecule has 6 nitrogen and oxygen atoms in total. The Morgan fingerprint density at radius 1 is 1.32 bits per heavy atom. The van der Waals surface area contributed by atoms with Crippen molar-refractivity contribution in [1.82, 2.24) is 4.98 Å². The van der Waals surface area contributed by atoms with Crippen LogP contribution in [0.2, 0.25) is 0 Å². The number of hydrogen-bond acceptors (Lipinski definition) is 4. The van der Waals surface area contributed by atoms with Crippen molar-refractivity contribution in [2.75, 3.05) is 4.72 Å². The van der Waals surface area contributed by atoms with Crippen LogP contribution in [-0.2, 0) is 14.8 Å². The molecule has 0 aliphatic carbocycles. The summed E-state index contributed by atoms with van der Waals surface area (Å²) in [6.45, 7) is 1.67. The lowest BCUT2D eigenvalue weighted by Crippen LogP contribution is -2.14. The standard InChI is InChI=1S/C15H14N2O4S/c1-11-4-5-12(6-7-15(18)19)9-14(11)22(20,21)17-13-3-2-8-16-10-13/h2-10,17H,1H3,(H,18,19)/b7-6-. The minimum atomic E-state index is -3.78. The average Bonchev–Trinajstić information content (AvgIpc) is 2.46. The number of aryl methyl sites for hydroxylation is 1. The minimum Gasteiger partial charge on any atom is -0.478 e. The third kappa shape index (κ3) is 3.92. The van der Waals surface area contributed by atoms with Crippen LogP contribution in [0.25, 0.3) is 6.08 Å². The maximum absolute atomic E-state index is 12.4. The summed E-state index contributed by atoms with van der Waals surface area (Å²) in [4.78, 5) is 14.5. The number of pyridine rings is 1. The van der Waals surface area contributed by atoms with E-state index in [-0.39, 0.29) is 4.90 Å². The van der Waals surface area contributed by atoms with Gasteiger partial charge in [0, 0.05) is 12.3 Å². The summed E-state index contributed by atoms with van der Waals surface area (Å²) < 4.78 is 27.3. The molecule has 0 radical (unpaired) electrons. The topological polar surface area (TPSA) is 96.4 Å². The predicted octanol–water partition coefficient (Wildman–Crippen LogP) is 2.29. The molecule has 7 heteroatoms. The van der Waals surface area contributed by atoms with Crippen molar-refractivity contribution in [1.29, 1.82) is 0 Å². The molecule has 0 aliphatic rings. The van der Waals surface area contributed by atoms with E-state index in [4.69, 9.17) is 5.11 Å². The van der Waals surface area contributed by atoms with Gasteiger partial charge in [-0.05, 0) is 42.3 Å². The summed E-state index contributed by atoms with van der Waals surface area (Å²) >= 11 is 0. The maximum Gasteiger partial charge on any atom is 0.328 e. The third-order valence-electron chi connectivity index (χ3n) is 2.83. The number of aromatic nitrogens is 1. The van der Waals surface area contributed by atoms with Crippen LogP contribution in [0, 0.1) is 6.92 Å². The van der Waals surface area contributed by atoms with E-state index in [0.717, 1.165) is 6.08 Å². The summed E-state index contributed by atoms with van der Waals surface area (Å²) in [5.74, 6) is -1.10. The van der Waals surface area contributed by atoms with Gasteiger partial charge in [0.15, 0.2) is 0 Å². The number of carboxylic acid groups (broad SMARTS) is 1. The minimum absolute atomic E-state index is 0.0869. The van der Waals surface area contributed by atoms with Gasteiger partial charge in [-0.15, -0.1) is 0 Å². The molecule has 1 aromatic heterocycles. The molecular formula is C15H14N2O4S. The van der Waals surface area contributed by atoms with Gasteiger partial charge in [0.1, 0.15) is 0 Å². The summed E-state index contributed by atoms with van der Waals surface area (Å²) in [5.41, 5.74) is 1.40. The van der Waals surface area contributed by atoms with Gasteiger partial charge < -0.3 is 5.11 Å². The number of aliphatic carboxylic acids is 1. The molecule has 0 fully saturated rings. The number of nitrogens with zero attached hydrogens (tertiary/aromatic N) is 1. The summed E-state index contributed by atoms with van der Waals surface area (Å²) in [7, 11) is -3.78. The van der Waals surface area contributed by atoms with Crippen molar-refractivity contribution in [3.8, 4) is 0 Å². The first-order chi connectivity index (χ1) is 10.4. The van der Waals surface area contributed by atoms with Gasteiger partial charge in [-0.25, -0.2) is 13.2 Å². The van der Waals surface area contributed by atoms with Crippen LogP contribution in [0.5, 0.6) is 0 Å². The quantitative estimate of drug-likeness (QED) is 0.825. The van der Waals surface area contributed by atoms with Crippen molar-refractivity contribution >= 4 is 27.8 Å². The Hall–Kier alpha value is -2.67. The number of carboxylic acids is 1. The van der Waals surface area contributed by atoms with E-state index in [1.807, 2.05) is 0 Å². The van der Waals surface area contributed by atoms with Gasteiger partial charge >= 0.3 is 5.97 Å². The molecule has 22 heavy (non-hydrogen) atoms. The monoisotopic (exact) mass is 318 g/mol. The molecule has 0 unspecified atom stereocenters. The van der Waals surface area contributed by atoms with Gasteiger partial charge in [0.05, 0.1) is 16.8 Å². The van der Waals surface area contributed by atoms with Crippen LogP contribution < -0.4 is 4.72 Å². The second kappa shape index (κ2) is 6.40. The normalized spacial score (nSPS) is 11.5. The Bertz CT molecular complexity index is 815. The predicted molar refractivity (Wildman–Crippen MR) is 82.9 cm³/mol. The molecule has 0 bridgehead atoms. The van der Waals surface area contributed by atoms with Gasteiger partial charge in [-0.3, -0.25) is 9.71 Å². The van der Waals surface area contributed by atoms with Crippen LogP contribution >= 0.6 is 0 Å². The van der Waals surface area contributed by atoms with Crippen molar-refractivity contribution in [3.05, 3.63) is 59.9 Å². The number of nitrogens with one attached hydrogen (secondary N) is 1. The van der Waals surface area contributed by atoms with E-state index in [1.165, 1.54) is 18.3 Å². The first-order valence-electron chi connectivity index (χ1n) is 6.33. The van der Waals surface area contributed by atoms with Crippen LogP contribution in [0.1, 0.15) is 11.1 Å². The highest BCUT2D eigenvalue weighted by molar-refractivity contribution is 7.92. The number of benzene rings is 1. The van der Waals surface area contributed by atoms with E-state index in [9.17, 15) is 13.2 Å². The molecule has 0 spiro atoms. The lowest BCUT2D eigenvalue weighted by atomic mass is 10.1. The zero-order chi connectivity index (χ0) is 16.2. The molecule has 2 aromatic rings. The molecule has 2 N–H and O–H groups in total. The van der Waals surface area contributed by atoms with E-state index >= 15 is 0 Å². The van der Waals surface area contributed by atoms with E-state index in [2.05, 4.69) is 9.71 Å². The Morgan fingerprint density at radius 2 is 2.09 bits per heavy atom. The fraction of sp³-hybridized carbons (Fsp3) is 0.0667. The SMILES string of the molecule is Cc1ccc(/C=C\C(=O)O)cc1S(=O)(=O)Nc1cccnc1. The number of anilines is 1. The van der Waals surface area contributed by atoms with E-state index < -0.39 is 16.0 Å². The fourth-order valence-corrected chi connectivity index (χ4v) is 3.13. The highest BCUT2D eigenvalue weighted by atomic mass is 32.2. The van der Waals surface area contributed by atoms with E-state index in [0.29, 0.717) is 16.8 Å². The lowest BCUT2D eigenvalue weighted by molar-refractivity contribution is -0.131. The van der Waals surface area contributed by atoms with Crippen molar-refractivity contribution in [2.24, 2.45) is 0 Å². The highest BCUT2D eigenvalue weighted by Crippen LogP contribution is 2.21. The Kier molecular flexibility index (Phi) is 4.57. The number of hydrogen-bond donors (Lipinski definition) is 2. The smallest absolute Gasteiger partial charge is 0.328 e. The second-order valence-corrected chi connectivity index (χ2v) is 6.19. The Morgan fingerprint density at radius 3 is 2.73 bits per heavy atom. The Balaban J connectivity index is 2.38. The molecular weight excluding hydrogens is 304 g/mol. The van der Waals surface area contributed by atoms with Gasteiger partial charge in [-0.2, -0.15) is 0 Å². The zero-order valence-electron chi connectivity index (χ0n) is 11.7. The van der Waals surface area contributed by atoms with Gasteiger partial charge in [-0.1, -0.05) is 12.1 Å². The van der Waals surface area contributed by atoms with Gasteiger partial charge in [0.2, 0.25) is 0 Å². The second-order valence-electron chi connectivity index (χ2n) is 4.54. The number of carbonyl (C=O) groups is 1. The first kappa shape index (κ1) is 15.7. The molecule has 1 aromatic carbocycles. The molecule has 2 rings (SSSR count). The summed E-state index contributed by atoms with van der Waals surface area (Å²) in [5, 5.41) is 8.63.